The molecule has 2 aliphatic rings. The van der Waals surface area contributed by atoms with Crippen molar-refractivity contribution in [1.82, 2.24) is 9.88 Å². The van der Waals surface area contributed by atoms with Gasteiger partial charge in [0.15, 0.2) is 5.13 Å². The molecule has 1 aromatic heterocycles. The van der Waals surface area contributed by atoms with Crippen LogP contribution in [0.15, 0.2) is 30.3 Å². The van der Waals surface area contributed by atoms with Gasteiger partial charge in [0.2, 0.25) is 5.91 Å². The van der Waals surface area contributed by atoms with Gasteiger partial charge in [0.05, 0.1) is 4.88 Å². The summed E-state index contributed by atoms with van der Waals surface area (Å²) in [7, 11) is 3.81. The minimum Gasteiger partial charge on any atom is -0.368 e. The van der Waals surface area contributed by atoms with Crippen molar-refractivity contribution in [2.24, 2.45) is 11.7 Å². The van der Waals surface area contributed by atoms with E-state index in [1.165, 1.54) is 11.3 Å². The highest BCUT2D eigenvalue weighted by atomic mass is 32.1. The number of thiazole rings is 1. The van der Waals surface area contributed by atoms with Gasteiger partial charge in [-0.05, 0) is 24.3 Å². The molecule has 2 N–H and O–H groups in total. The Labute approximate surface area is 150 Å². The van der Waals surface area contributed by atoms with Crippen molar-refractivity contribution in [2.45, 2.75) is 24.9 Å². The monoisotopic (exact) mass is 356 g/mol. The first kappa shape index (κ1) is 16.1. The normalized spacial score (nSPS) is 24.1. The van der Waals surface area contributed by atoms with Crippen molar-refractivity contribution < 1.29 is 9.59 Å². The van der Waals surface area contributed by atoms with Gasteiger partial charge in [-0.3, -0.25) is 9.59 Å². The largest absolute Gasteiger partial charge is 0.368 e. The molecule has 0 radical (unpaired) electrons. The molecule has 3 atom stereocenters. The van der Waals surface area contributed by atoms with E-state index in [1.54, 1.807) is 4.90 Å². The van der Waals surface area contributed by atoms with Crippen LogP contribution >= 0.6 is 11.3 Å². The Morgan fingerprint density at radius 2 is 1.96 bits per heavy atom. The molecule has 7 heteroatoms. The quantitative estimate of drug-likeness (QED) is 0.908. The molecule has 0 bridgehead atoms. The van der Waals surface area contributed by atoms with E-state index in [0.717, 1.165) is 22.0 Å². The second-order valence-electron chi connectivity index (χ2n) is 6.86. The standard InChI is InChI=1S/C18H20N4O2S/c1-21(2)18-20-14(15(25-18)10-6-4-3-5-7-10)17(24)22-12-8-11(12)9-13(22)16(19)23/h3-7,11-13H,8-9H2,1-2H3,(H2,19,23)/t11-,12+,13+/m1/s1. The van der Waals surface area contributed by atoms with E-state index in [2.05, 4.69) is 4.98 Å². The summed E-state index contributed by atoms with van der Waals surface area (Å²) >= 11 is 1.48. The SMILES string of the molecule is CN(C)c1nc(C(=O)N2[C@H](C(N)=O)C[C@H]3C[C@@H]32)c(-c2ccccc2)s1. The topological polar surface area (TPSA) is 79.5 Å². The molecule has 2 fully saturated rings. The lowest BCUT2D eigenvalue weighted by atomic mass is 10.1. The molecule has 6 nitrogen and oxygen atoms in total. The van der Waals surface area contributed by atoms with Gasteiger partial charge < -0.3 is 15.5 Å². The molecule has 2 amide bonds. The smallest absolute Gasteiger partial charge is 0.275 e. The minimum absolute atomic E-state index is 0.137. The van der Waals surface area contributed by atoms with E-state index in [0.29, 0.717) is 18.0 Å². The maximum absolute atomic E-state index is 13.3. The Kier molecular flexibility index (Phi) is 3.76. The first-order valence-electron chi connectivity index (χ1n) is 8.33. The zero-order valence-electron chi connectivity index (χ0n) is 14.2. The molecule has 1 saturated heterocycles. The van der Waals surface area contributed by atoms with Crippen LogP contribution in [0.1, 0.15) is 23.3 Å². The first-order chi connectivity index (χ1) is 12.0. The molecule has 1 aromatic carbocycles. The average molecular weight is 356 g/mol. The van der Waals surface area contributed by atoms with Crippen molar-refractivity contribution in [1.29, 1.82) is 0 Å². The van der Waals surface area contributed by atoms with Gasteiger partial charge in [-0.15, -0.1) is 0 Å². The minimum atomic E-state index is -0.510. The Bertz CT molecular complexity index is 833. The summed E-state index contributed by atoms with van der Waals surface area (Å²) in [5.74, 6) is -0.199. The number of benzene rings is 1. The fourth-order valence-corrected chi connectivity index (χ4v) is 4.54. The molecule has 1 aliphatic carbocycles. The van der Waals surface area contributed by atoms with E-state index >= 15 is 0 Å². The van der Waals surface area contributed by atoms with E-state index in [1.807, 2.05) is 49.3 Å². The highest BCUT2D eigenvalue weighted by Gasteiger charge is 2.56. The summed E-state index contributed by atoms with van der Waals surface area (Å²) in [4.78, 5) is 34.0. The van der Waals surface area contributed by atoms with E-state index in [9.17, 15) is 9.59 Å². The van der Waals surface area contributed by atoms with Crippen molar-refractivity contribution in [2.75, 3.05) is 19.0 Å². The van der Waals surface area contributed by atoms with Gasteiger partial charge in [-0.1, -0.05) is 41.7 Å². The maximum atomic E-state index is 13.3. The van der Waals surface area contributed by atoms with E-state index in [4.69, 9.17) is 5.73 Å². The van der Waals surface area contributed by atoms with Crippen LogP contribution in [0.3, 0.4) is 0 Å². The Balaban J connectivity index is 1.76. The summed E-state index contributed by atoms with van der Waals surface area (Å²) < 4.78 is 0. The number of fused-ring (bicyclic) bond motifs is 1. The summed E-state index contributed by atoms with van der Waals surface area (Å²) in [6.45, 7) is 0. The predicted molar refractivity (Wildman–Crippen MR) is 97.5 cm³/mol. The highest BCUT2D eigenvalue weighted by Crippen LogP contribution is 2.49. The van der Waals surface area contributed by atoms with Gasteiger partial charge in [0.25, 0.3) is 5.91 Å². The number of hydrogen-bond acceptors (Lipinski definition) is 5. The van der Waals surface area contributed by atoms with Gasteiger partial charge in [-0.25, -0.2) is 4.98 Å². The van der Waals surface area contributed by atoms with Crippen LogP contribution in [0, 0.1) is 5.92 Å². The number of nitrogens with zero attached hydrogens (tertiary/aromatic N) is 3. The lowest BCUT2D eigenvalue weighted by Gasteiger charge is -2.24. The fourth-order valence-electron chi connectivity index (χ4n) is 3.56. The Hall–Kier alpha value is -2.41. The highest BCUT2D eigenvalue weighted by molar-refractivity contribution is 7.19. The van der Waals surface area contributed by atoms with Crippen LogP contribution < -0.4 is 10.6 Å². The maximum Gasteiger partial charge on any atom is 0.275 e. The second kappa shape index (κ2) is 5.84. The molecule has 130 valence electrons. The van der Waals surface area contributed by atoms with Crippen molar-refractivity contribution in [3.05, 3.63) is 36.0 Å². The molecule has 1 aliphatic heterocycles. The number of carbonyl (C=O) groups excluding carboxylic acids is 2. The van der Waals surface area contributed by atoms with Crippen molar-refractivity contribution >= 4 is 28.3 Å². The van der Waals surface area contributed by atoms with Crippen LogP contribution in [-0.2, 0) is 4.79 Å². The number of piperidine rings is 1. The average Bonchev–Trinajstić information content (AvgIpc) is 3.07. The van der Waals surface area contributed by atoms with Gasteiger partial charge >= 0.3 is 0 Å². The van der Waals surface area contributed by atoms with Crippen molar-refractivity contribution in [3.63, 3.8) is 0 Å². The molecule has 25 heavy (non-hydrogen) atoms. The third-order valence-electron chi connectivity index (χ3n) is 4.90. The number of aromatic nitrogens is 1. The Morgan fingerprint density at radius 1 is 1.24 bits per heavy atom. The van der Waals surface area contributed by atoms with Gasteiger partial charge in [-0.2, -0.15) is 0 Å². The van der Waals surface area contributed by atoms with Crippen molar-refractivity contribution in [3.8, 4) is 10.4 Å². The molecule has 2 aromatic rings. The zero-order chi connectivity index (χ0) is 17.7. The number of nitrogens with two attached hydrogens (primary N) is 1. The molecule has 4 rings (SSSR count). The second-order valence-corrected chi connectivity index (χ2v) is 7.84. The molecule has 1 saturated carbocycles. The molecule has 0 unspecified atom stereocenters. The molecule has 2 heterocycles. The van der Waals surface area contributed by atoms with Crippen LogP contribution in [0.2, 0.25) is 0 Å². The third kappa shape index (κ3) is 2.68. The number of anilines is 1. The lowest BCUT2D eigenvalue weighted by molar-refractivity contribution is -0.122. The number of rotatable bonds is 4. The van der Waals surface area contributed by atoms with Crippen LogP contribution in [0.25, 0.3) is 10.4 Å². The number of carbonyl (C=O) groups is 2. The van der Waals surface area contributed by atoms with Crippen LogP contribution in [0.4, 0.5) is 5.13 Å². The number of hydrogen-bond donors (Lipinski definition) is 1. The summed E-state index contributed by atoms with van der Waals surface area (Å²) in [5.41, 5.74) is 6.90. The van der Waals surface area contributed by atoms with Crippen LogP contribution in [-0.4, -0.2) is 47.9 Å². The predicted octanol–water partition coefficient (Wildman–Crippen LogP) is 1.96. The summed E-state index contributed by atoms with van der Waals surface area (Å²) in [5, 5.41) is 0.768. The first-order valence-corrected chi connectivity index (χ1v) is 9.14. The number of amides is 2. The molecular formula is C18H20N4O2S. The third-order valence-corrected chi connectivity index (χ3v) is 6.18. The molecular weight excluding hydrogens is 336 g/mol. The number of primary amides is 1. The van der Waals surface area contributed by atoms with Gasteiger partial charge in [0, 0.05) is 20.1 Å². The van der Waals surface area contributed by atoms with E-state index < -0.39 is 11.9 Å². The van der Waals surface area contributed by atoms with Gasteiger partial charge in [0.1, 0.15) is 11.7 Å². The molecule has 0 spiro atoms. The summed E-state index contributed by atoms with van der Waals surface area (Å²) in [6, 6.07) is 9.40. The number of likely N-dealkylation sites (tertiary alicyclic amines) is 1. The zero-order valence-corrected chi connectivity index (χ0v) is 15.0. The Morgan fingerprint density at radius 3 is 2.60 bits per heavy atom. The summed E-state index contributed by atoms with van der Waals surface area (Å²) in [6.07, 6.45) is 1.64. The fraction of sp³-hybridized carbons (Fsp3) is 0.389. The lowest BCUT2D eigenvalue weighted by Crippen LogP contribution is -2.46. The van der Waals surface area contributed by atoms with Crippen LogP contribution in [0.5, 0.6) is 0 Å². The van der Waals surface area contributed by atoms with E-state index in [-0.39, 0.29) is 11.9 Å².